The van der Waals surface area contributed by atoms with Crippen LogP contribution in [0.2, 0.25) is 0 Å². The molecule has 3 amide bonds. The van der Waals surface area contributed by atoms with Gasteiger partial charge in [-0.15, -0.1) is 0 Å². The van der Waals surface area contributed by atoms with Crippen molar-refractivity contribution < 1.29 is 14.4 Å². The summed E-state index contributed by atoms with van der Waals surface area (Å²) < 4.78 is 0. The van der Waals surface area contributed by atoms with Crippen molar-refractivity contribution in [3.05, 3.63) is 41.5 Å². The molecule has 0 atom stereocenters. The van der Waals surface area contributed by atoms with Gasteiger partial charge < -0.3 is 14.7 Å². The summed E-state index contributed by atoms with van der Waals surface area (Å²) in [5.41, 5.74) is 6.77. The summed E-state index contributed by atoms with van der Waals surface area (Å²) in [6, 6.07) is 11.0. The third-order valence-electron chi connectivity index (χ3n) is 8.91. The number of amides is 3. The number of hydrogen-bond donors (Lipinski definition) is 0. The van der Waals surface area contributed by atoms with Gasteiger partial charge in [-0.1, -0.05) is 59.7 Å². The van der Waals surface area contributed by atoms with Gasteiger partial charge in [0.1, 0.15) is 0 Å². The molecule has 0 aliphatic carbocycles. The second-order valence-electron chi connectivity index (χ2n) is 14.2. The first-order valence-corrected chi connectivity index (χ1v) is 15.6. The van der Waals surface area contributed by atoms with Crippen molar-refractivity contribution in [1.82, 2.24) is 0 Å². The number of hydrogen-bond acceptors (Lipinski definition) is 3. The normalized spacial score (nSPS) is 19.3. The summed E-state index contributed by atoms with van der Waals surface area (Å²) in [5, 5.41) is 0. The second-order valence-corrected chi connectivity index (χ2v) is 14.2. The first-order chi connectivity index (χ1) is 19.3. The average Bonchev–Trinajstić information content (AvgIpc) is 2.92. The maximum atomic E-state index is 13.4. The van der Waals surface area contributed by atoms with Gasteiger partial charge >= 0.3 is 0 Å². The minimum Gasteiger partial charge on any atom is -0.312 e. The van der Waals surface area contributed by atoms with Crippen LogP contribution in [0.15, 0.2) is 30.3 Å². The van der Waals surface area contributed by atoms with Crippen LogP contribution in [0.4, 0.5) is 17.1 Å². The molecule has 3 heterocycles. The Kier molecular flexibility index (Phi) is 8.06. The molecule has 6 nitrogen and oxygen atoms in total. The van der Waals surface area contributed by atoms with Crippen LogP contribution in [0, 0.1) is 0 Å². The SMILES string of the molecule is CC(C)(C)c1cc(-c2cc(N3CCCCC3=O)c(N3CCCCC3=O)cc2N2CCCCC2=O)cc(C(C)(C)C)c1. The molecule has 6 heteroatoms. The van der Waals surface area contributed by atoms with E-state index < -0.39 is 0 Å². The van der Waals surface area contributed by atoms with Crippen LogP contribution in [0.25, 0.3) is 11.1 Å². The van der Waals surface area contributed by atoms with Crippen molar-refractivity contribution in [2.45, 2.75) is 110 Å². The number of anilines is 3. The number of piperidine rings is 3. The van der Waals surface area contributed by atoms with Crippen LogP contribution >= 0.6 is 0 Å². The zero-order valence-electron chi connectivity index (χ0n) is 25.9. The lowest BCUT2D eigenvalue weighted by atomic mass is 9.78. The summed E-state index contributed by atoms with van der Waals surface area (Å²) in [4.78, 5) is 45.7. The van der Waals surface area contributed by atoms with Gasteiger partial charge in [0.05, 0.1) is 17.1 Å². The van der Waals surface area contributed by atoms with Crippen LogP contribution < -0.4 is 14.7 Å². The van der Waals surface area contributed by atoms with E-state index in [0.29, 0.717) is 38.9 Å². The Labute approximate surface area is 246 Å². The molecule has 5 rings (SSSR count). The van der Waals surface area contributed by atoms with E-state index in [4.69, 9.17) is 0 Å². The number of nitrogens with zero attached hydrogens (tertiary/aromatic N) is 3. The average molecular weight is 558 g/mol. The van der Waals surface area contributed by atoms with E-state index in [1.807, 2.05) is 14.7 Å². The van der Waals surface area contributed by atoms with E-state index in [2.05, 4.69) is 71.9 Å². The first kappa shape index (κ1) is 29.3. The lowest BCUT2D eigenvalue weighted by molar-refractivity contribution is -0.120. The Bertz CT molecular complexity index is 1320. The fourth-order valence-electron chi connectivity index (χ4n) is 6.28. The van der Waals surface area contributed by atoms with E-state index in [9.17, 15) is 14.4 Å². The summed E-state index contributed by atoms with van der Waals surface area (Å²) in [7, 11) is 0. The molecule has 3 aliphatic rings. The number of carbonyl (C=O) groups is 3. The van der Waals surface area contributed by atoms with Gasteiger partial charge in [0, 0.05) is 44.5 Å². The van der Waals surface area contributed by atoms with Gasteiger partial charge in [0.15, 0.2) is 0 Å². The molecule has 0 N–H and O–H groups in total. The minimum absolute atomic E-state index is 0.0665. The van der Waals surface area contributed by atoms with Crippen LogP contribution in [-0.2, 0) is 25.2 Å². The monoisotopic (exact) mass is 557 g/mol. The van der Waals surface area contributed by atoms with E-state index in [1.165, 1.54) is 11.1 Å². The lowest BCUT2D eigenvalue weighted by Crippen LogP contribution is -2.40. The largest absolute Gasteiger partial charge is 0.312 e. The highest BCUT2D eigenvalue weighted by atomic mass is 16.2. The Morgan fingerprint density at radius 1 is 0.488 bits per heavy atom. The third kappa shape index (κ3) is 6.07. The topological polar surface area (TPSA) is 60.9 Å². The fraction of sp³-hybridized carbons (Fsp3) is 0.571. The van der Waals surface area contributed by atoms with Gasteiger partial charge in [-0.25, -0.2) is 0 Å². The van der Waals surface area contributed by atoms with Crippen molar-refractivity contribution in [2.75, 3.05) is 34.3 Å². The third-order valence-corrected chi connectivity index (χ3v) is 8.91. The van der Waals surface area contributed by atoms with Crippen LogP contribution in [-0.4, -0.2) is 37.4 Å². The summed E-state index contributed by atoms with van der Waals surface area (Å²) >= 11 is 0. The van der Waals surface area contributed by atoms with Gasteiger partial charge in [-0.2, -0.15) is 0 Å². The molecule has 0 aromatic heterocycles. The molecule has 41 heavy (non-hydrogen) atoms. The smallest absolute Gasteiger partial charge is 0.227 e. The van der Waals surface area contributed by atoms with Crippen molar-refractivity contribution in [3.63, 3.8) is 0 Å². The molecule has 3 saturated heterocycles. The zero-order valence-corrected chi connectivity index (χ0v) is 25.9. The molecule has 0 spiro atoms. The highest BCUT2D eigenvalue weighted by Crippen LogP contribution is 2.45. The summed E-state index contributed by atoms with van der Waals surface area (Å²) in [6.07, 6.45) is 7.05. The van der Waals surface area contributed by atoms with Gasteiger partial charge in [-0.05, 0) is 78.2 Å². The Morgan fingerprint density at radius 3 is 1.27 bits per heavy atom. The van der Waals surface area contributed by atoms with Gasteiger partial charge in [0.25, 0.3) is 0 Å². The Morgan fingerprint density at radius 2 is 0.878 bits per heavy atom. The van der Waals surface area contributed by atoms with E-state index in [1.54, 1.807) is 0 Å². The molecule has 2 aromatic carbocycles. The summed E-state index contributed by atoms with van der Waals surface area (Å²) in [6.45, 7) is 15.3. The quantitative estimate of drug-likeness (QED) is 0.391. The van der Waals surface area contributed by atoms with Crippen LogP contribution in [0.3, 0.4) is 0 Å². The highest BCUT2D eigenvalue weighted by Gasteiger charge is 2.32. The Balaban J connectivity index is 1.81. The molecule has 220 valence electrons. The Hall–Kier alpha value is -3.15. The minimum atomic E-state index is -0.0665. The maximum absolute atomic E-state index is 13.4. The van der Waals surface area contributed by atoms with Crippen LogP contribution in [0.1, 0.15) is 110 Å². The second kappa shape index (κ2) is 11.3. The molecule has 3 fully saturated rings. The molecular formula is C35H47N3O3. The molecule has 0 saturated carbocycles. The van der Waals surface area contributed by atoms with Crippen molar-refractivity contribution in [3.8, 4) is 11.1 Å². The molecule has 0 unspecified atom stereocenters. The maximum Gasteiger partial charge on any atom is 0.227 e. The highest BCUT2D eigenvalue weighted by molar-refractivity contribution is 6.07. The molecule has 0 radical (unpaired) electrons. The summed E-state index contributed by atoms with van der Waals surface area (Å²) in [5.74, 6) is 0.321. The number of rotatable bonds is 4. The molecule has 0 bridgehead atoms. The fourth-order valence-corrected chi connectivity index (χ4v) is 6.28. The zero-order chi connectivity index (χ0) is 29.5. The predicted octanol–water partition coefficient (Wildman–Crippen LogP) is 7.50. The van der Waals surface area contributed by atoms with E-state index in [-0.39, 0.29) is 28.6 Å². The predicted molar refractivity (Wildman–Crippen MR) is 168 cm³/mol. The van der Waals surface area contributed by atoms with Crippen molar-refractivity contribution in [1.29, 1.82) is 0 Å². The van der Waals surface area contributed by atoms with Gasteiger partial charge in [-0.3, -0.25) is 14.4 Å². The molecule has 2 aromatic rings. The molecule has 3 aliphatic heterocycles. The van der Waals surface area contributed by atoms with E-state index in [0.717, 1.165) is 66.7 Å². The first-order valence-electron chi connectivity index (χ1n) is 15.6. The standard InChI is InChI=1S/C35H47N3O3/c1-34(2,3)25-19-24(20-26(21-25)35(4,5)6)27-22-29(37-17-11-8-14-32(37)40)30(38-18-12-9-15-33(38)41)23-28(27)36-16-10-7-13-31(36)39/h19-23H,7-18H2,1-6H3. The van der Waals surface area contributed by atoms with Crippen LogP contribution in [0.5, 0.6) is 0 Å². The van der Waals surface area contributed by atoms with Crippen molar-refractivity contribution in [2.24, 2.45) is 0 Å². The molecular weight excluding hydrogens is 510 g/mol. The number of carbonyl (C=O) groups excluding carboxylic acids is 3. The van der Waals surface area contributed by atoms with E-state index >= 15 is 0 Å². The number of benzene rings is 2. The lowest BCUT2D eigenvalue weighted by Gasteiger charge is -2.37. The van der Waals surface area contributed by atoms with Crippen molar-refractivity contribution >= 4 is 34.8 Å². The van der Waals surface area contributed by atoms with Gasteiger partial charge in [0.2, 0.25) is 17.7 Å².